The predicted octanol–water partition coefficient (Wildman–Crippen LogP) is 0.0635. The summed E-state index contributed by atoms with van der Waals surface area (Å²) in [5.74, 6) is -1.14. The largest absolute Gasteiger partial charge is 0.480 e. The van der Waals surface area contributed by atoms with Crippen LogP contribution in [-0.2, 0) is 9.59 Å². The van der Waals surface area contributed by atoms with E-state index >= 15 is 0 Å². The summed E-state index contributed by atoms with van der Waals surface area (Å²) in [5.41, 5.74) is 0. The van der Waals surface area contributed by atoms with Crippen LogP contribution in [0.15, 0.2) is 0 Å². The van der Waals surface area contributed by atoms with Crippen molar-refractivity contribution in [2.24, 2.45) is 5.92 Å². The Balaban J connectivity index is 2.47. The molecule has 0 bridgehead atoms. The van der Waals surface area contributed by atoms with Crippen LogP contribution in [0.5, 0.6) is 0 Å². The number of urea groups is 1. The van der Waals surface area contributed by atoms with Crippen molar-refractivity contribution in [3.8, 4) is 0 Å². The highest BCUT2D eigenvalue weighted by Crippen LogP contribution is 2.06. The summed E-state index contributed by atoms with van der Waals surface area (Å²) >= 11 is 0. The summed E-state index contributed by atoms with van der Waals surface area (Å²) in [6, 6.07) is -2.14. The predicted molar refractivity (Wildman–Crippen MR) is 68.6 cm³/mol. The molecule has 0 aromatic carbocycles. The van der Waals surface area contributed by atoms with Crippen molar-refractivity contribution in [3.05, 3.63) is 0 Å². The quantitative estimate of drug-likeness (QED) is 0.567. The molecule has 0 aliphatic carbocycles. The first-order valence-electron chi connectivity index (χ1n) is 6.47. The fraction of sp³-hybridized carbons (Fsp3) is 0.750. The van der Waals surface area contributed by atoms with E-state index in [4.69, 9.17) is 5.11 Å². The maximum atomic E-state index is 11.7. The van der Waals surface area contributed by atoms with Crippen LogP contribution in [0.2, 0.25) is 0 Å². The number of piperidine rings is 1. The average molecular weight is 271 g/mol. The van der Waals surface area contributed by atoms with Gasteiger partial charge in [0.05, 0.1) is 0 Å². The highest BCUT2D eigenvalue weighted by Gasteiger charge is 2.26. The van der Waals surface area contributed by atoms with Crippen LogP contribution in [0.4, 0.5) is 4.79 Å². The van der Waals surface area contributed by atoms with E-state index in [-0.39, 0.29) is 11.8 Å². The summed E-state index contributed by atoms with van der Waals surface area (Å²) in [4.78, 5) is 34.2. The molecule has 19 heavy (non-hydrogen) atoms. The van der Waals surface area contributed by atoms with Crippen molar-refractivity contribution < 1.29 is 19.5 Å². The number of hydrogen-bond acceptors (Lipinski definition) is 3. The number of carboxylic acids is 1. The second-order valence-electron chi connectivity index (χ2n) is 5.12. The second-order valence-corrected chi connectivity index (χ2v) is 5.12. The molecular formula is C12H21N3O4. The maximum Gasteiger partial charge on any atom is 0.326 e. The third-order valence-electron chi connectivity index (χ3n) is 2.90. The van der Waals surface area contributed by atoms with Crippen LogP contribution < -0.4 is 16.0 Å². The minimum absolute atomic E-state index is 0.152. The summed E-state index contributed by atoms with van der Waals surface area (Å²) in [6.07, 6.45) is 1.71. The van der Waals surface area contributed by atoms with Crippen molar-refractivity contribution >= 4 is 17.9 Å². The lowest BCUT2D eigenvalue weighted by Crippen LogP contribution is -2.55. The number of aliphatic carboxylic acids is 1. The van der Waals surface area contributed by atoms with E-state index in [1.54, 1.807) is 0 Å². The molecule has 1 unspecified atom stereocenters. The van der Waals surface area contributed by atoms with Crippen LogP contribution in [0.1, 0.15) is 33.1 Å². The number of hydrogen-bond donors (Lipinski definition) is 4. The Morgan fingerprint density at radius 2 is 2.16 bits per heavy atom. The molecule has 1 saturated heterocycles. The molecule has 1 heterocycles. The normalized spacial score (nSPS) is 20.6. The van der Waals surface area contributed by atoms with Gasteiger partial charge in [0, 0.05) is 6.54 Å². The van der Waals surface area contributed by atoms with Crippen molar-refractivity contribution in [3.63, 3.8) is 0 Å². The van der Waals surface area contributed by atoms with Gasteiger partial charge in [-0.3, -0.25) is 4.79 Å². The van der Waals surface area contributed by atoms with Crippen LogP contribution in [0.3, 0.4) is 0 Å². The van der Waals surface area contributed by atoms with Gasteiger partial charge in [0.25, 0.3) is 0 Å². The SMILES string of the molecule is CC(C)C[C@@H](NC(=O)NC1CCCNC1=O)C(=O)O. The van der Waals surface area contributed by atoms with E-state index in [1.807, 2.05) is 13.8 Å². The Morgan fingerprint density at radius 3 is 2.68 bits per heavy atom. The second kappa shape index (κ2) is 6.96. The van der Waals surface area contributed by atoms with Gasteiger partial charge in [-0.15, -0.1) is 0 Å². The van der Waals surface area contributed by atoms with Crippen molar-refractivity contribution in [2.45, 2.75) is 45.2 Å². The topological polar surface area (TPSA) is 108 Å². The summed E-state index contributed by atoms with van der Waals surface area (Å²) in [7, 11) is 0. The van der Waals surface area contributed by atoms with Crippen LogP contribution in [-0.4, -0.2) is 41.6 Å². The molecule has 7 heteroatoms. The molecule has 1 aliphatic rings. The van der Waals surface area contributed by atoms with Gasteiger partial charge >= 0.3 is 12.0 Å². The van der Waals surface area contributed by atoms with Gasteiger partial charge in [-0.1, -0.05) is 13.8 Å². The van der Waals surface area contributed by atoms with Gasteiger partial charge in [0.15, 0.2) is 0 Å². The first-order chi connectivity index (χ1) is 8.90. The smallest absolute Gasteiger partial charge is 0.326 e. The Labute approximate surface area is 112 Å². The average Bonchev–Trinajstić information content (AvgIpc) is 2.30. The number of carboxylic acid groups (broad SMARTS) is 1. The zero-order chi connectivity index (χ0) is 14.4. The molecule has 0 saturated carbocycles. The molecule has 4 N–H and O–H groups in total. The van der Waals surface area contributed by atoms with Crippen LogP contribution in [0, 0.1) is 5.92 Å². The Hall–Kier alpha value is -1.79. The van der Waals surface area contributed by atoms with E-state index in [2.05, 4.69) is 16.0 Å². The number of carbonyl (C=O) groups is 3. The van der Waals surface area contributed by atoms with Crippen molar-refractivity contribution in [1.82, 2.24) is 16.0 Å². The molecule has 0 radical (unpaired) electrons. The fourth-order valence-corrected chi connectivity index (χ4v) is 1.96. The lowest BCUT2D eigenvalue weighted by Gasteiger charge is -2.24. The molecule has 0 aromatic rings. The summed E-state index contributed by atoms with van der Waals surface area (Å²) in [5, 5.41) is 16.5. The molecule has 0 spiro atoms. The highest BCUT2D eigenvalue weighted by atomic mass is 16.4. The standard InChI is InChI=1S/C12H21N3O4/c1-7(2)6-9(11(17)18)15-12(19)14-8-4-3-5-13-10(8)16/h7-9H,3-6H2,1-2H3,(H,13,16)(H,17,18)(H2,14,15,19)/t8?,9-/m1/s1. The molecule has 3 amide bonds. The van der Waals surface area contributed by atoms with E-state index in [1.165, 1.54) is 0 Å². The third kappa shape index (κ3) is 5.15. The van der Waals surface area contributed by atoms with Crippen LogP contribution in [0.25, 0.3) is 0 Å². The van der Waals surface area contributed by atoms with E-state index in [0.717, 1.165) is 6.42 Å². The van der Waals surface area contributed by atoms with Gasteiger partial charge in [0.1, 0.15) is 12.1 Å². The molecule has 108 valence electrons. The maximum absolute atomic E-state index is 11.7. The lowest BCUT2D eigenvalue weighted by atomic mass is 10.0. The number of carbonyl (C=O) groups excluding carboxylic acids is 2. The molecule has 0 aromatic heterocycles. The minimum atomic E-state index is -1.07. The minimum Gasteiger partial charge on any atom is -0.480 e. The van der Waals surface area contributed by atoms with E-state index in [9.17, 15) is 14.4 Å². The zero-order valence-corrected chi connectivity index (χ0v) is 11.2. The molecule has 1 fully saturated rings. The van der Waals surface area contributed by atoms with E-state index < -0.39 is 24.1 Å². The molecule has 2 atom stereocenters. The van der Waals surface area contributed by atoms with Crippen molar-refractivity contribution in [2.75, 3.05) is 6.54 Å². The fourth-order valence-electron chi connectivity index (χ4n) is 1.96. The van der Waals surface area contributed by atoms with Gasteiger partial charge in [-0.2, -0.15) is 0 Å². The highest BCUT2D eigenvalue weighted by molar-refractivity contribution is 5.89. The summed E-state index contributed by atoms with van der Waals surface area (Å²) in [6.45, 7) is 4.37. The lowest BCUT2D eigenvalue weighted by molar-refractivity contribution is -0.139. The first-order valence-corrected chi connectivity index (χ1v) is 6.47. The Bertz CT molecular complexity index is 357. The van der Waals surface area contributed by atoms with Gasteiger partial charge in [-0.25, -0.2) is 9.59 Å². The number of nitrogens with one attached hydrogen (secondary N) is 3. The monoisotopic (exact) mass is 271 g/mol. The third-order valence-corrected chi connectivity index (χ3v) is 2.90. The molecular weight excluding hydrogens is 250 g/mol. The first kappa shape index (κ1) is 15.3. The Kier molecular flexibility index (Phi) is 5.59. The van der Waals surface area contributed by atoms with Gasteiger partial charge in [-0.05, 0) is 25.2 Å². The molecule has 1 rings (SSSR count). The van der Waals surface area contributed by atoms with Gasteiger partial charge < -0.3 is 21.1 Å². The number of amides is 3. The summed E-state index contributed by atoms with van der Waals surface area (Å²) < 4.78 is 0. The zero-order valence-electron chi connectivity index (χ0n) is 11.2. The molecule has 1 aliphatic heterocycles. The number of rotatable bonds is 5. The van der Waals surface area contributed by atoms with E-state index in [0.29, 0.717) is 19.4 Å². The van der Waals surface area contributed by atoms with Crippen LogP contribution >= 0.6 is 0 Å². The molecule has 7 nitrogen and oxygen atoms in total. The Morgan fingerprint density at radius 1 is 1.47 bits per heavy atom. The van der Waals surface area contributed by atoms with Crippen molar-refractivity contribution in [1.29, 1.82) is 0 Å². The van der Waals surface area contributed by atoms with Gasteiger partial charge in [0.2, 0.25) is 5.91 Å².